The van der Waals surface area contributed by atoms with Crippen molar-refractivity contribution >= 4 is 28.4 Å². The minimum Gasteiger partial charge on any atom is -0.324 e. The fourth-order valence-corrected chi connectivity index (χ4v) is 3.92. The van der Waals surface area contributed by atoms with Gasteiger partial charge in [0, 0.05) is 5.39 Å². The van der Waals surface area contributed by atoms with E-state index in [0.717, 1.165) is 5.39 Å². The first kappa shape index (κ1) is 14.2. The van der Waals surface area contributed by atoms with Gasteiger partial charge in [-0.25, -0.2) is 8.42 Å². The lowest BCUT2D eigenvalue weighted by Gasteiger charge is -2.10. The maximum atomic E-state index is 12.0. The average molecular weight is 301 g/mol. The number of nitrogens with one attached hydrogen (secondary N) is 1. The standard InChI is InChI=1S/C11H12NO5PS/c13-18(14,15)8-12-19(16,17)11-7-3-5-9-4-1-2-6-10(9)11/h1-7,12H,8H2,(H2,13,14,15). The molecule has 0 saturated heterocycles. The van der Waals surface area contributed by atoms with Gasteiger partial charge in [-0.15, -0.1) is 0 Å². The first-order chi connectivity index (χ1) is 8.80. The SMILES string of the molecule is O=P(O)(O)CNS(=O)(=O)c1cccc2ccccc12. The summed E-state index contributed by atoms with van der Waals surface area (Å²) >= 11 is 0. The van der Waals surface area contributed by atoms with Crippen molar-refractivity contribution in [3.8, 4) is 0 Å². The predicted molar refractivity (Wildman–Crippen MR) is 71.2 cm³/mol. The Morgan fingerprint density at radius 3 is 2.37 bits per heavy atom. The Hall–Kier alpha value is -1.24. The van der Waals surface area contributed by atoms with Crippen LogP contribution < -0.4 is 4.72 Å². The van der Waals surface area contributed by atoms with Gasteiger partial charge in [0.05, 0.1) is 4.90 Å². The topological polar surface area (TPSA) is 104 Å². The summed E-state index contributed by atoms with van der Waals surface area (Å²) in [6.07, 6.45) is -0.918. The average Bonchev–Trinajstić information content (AvgIpc) is 2.35. The molecule has 0 spiro atoms. The predicted octanol–water partition coefficient (Wildman–Crippen LogP) is 1.25. The highest BCUT2D eigenvalue weighted by atomic mass is 32.2. The van der Waals surface area contributed by atoms with E-state index in [0.29, 0.717) is 5.39 Å². The molecule has 0 amide bonds. The van der Waals surface area contributed by atoms with Gasteiger partial charge in [0.15, 0.2) is 0 Å². The van der Waals surface area contributed by atoms with Crippen LogP contribution in [0.5, 0.6) is 0 Å². The van der Waals surface area contributed by atoms with E-state index in [1.807, 2.05) is 4.72 Å². The zero-order valence-electron chi connectivity index (χ0n) is 9.72. The number of benzene rings is 2. The van der Waals surface area contributed by atoms with Gasteiger partial charge in [0.25, 0.3) is 0 Å². The van der Waals surface area contributed by atoms with Crippen LogP contribution in [0, 0.1) is 0 Å². The first-order valence-corrected chi connectivity index (χ1v) is 8.60. The Labute approximate surface area is 110 Å². The fraction of sp³-hybridized carbons (Fsp3) is 0.0909. The molecule has 0 atom stereocenters. The van der Waals surface area contributed by atoms with E-state index in [9.17, 15) is 13.0 Å². The molecule has 3 N–H and O–H groups in total. The third-order valence-electron chi connectivity index (χ3n) is 2.50. The zero-order valence-corrected chi connectivity index (χ0v) is 11.4. The van der Waals surface area contributed by atoms with E-state index >= 15 is 0 Å². The Bertz CT molecular complexity index is 747. The molecule has 8 heteroatoms. The highest BCUT2D eigenvalue weighted by Crippen LogP contribution is 2.33. The molecule has 19 heavy (non-hydrogen) atoms. The lowest BCUT2D eigenvalue weighted by molar-refractivity contribution is 0.371. The summed E-state index contributed by atoms with van der Waals surface area (Å²) in [4.78, 5) is 17.4. The van der Waals surface area contributed by atoms with Crippen LogP contribution in [0.2, 0.25) is 0 Å². The minimum atomic E-state index is -4.43. The molecule has 2 rings (SSSR count). The van der Waals surface area contributed by atoms with Crippen LogP contribution >= 0.6 is 7.60 Å². The van der Waals surface area contributed by atoms with Crippen LogP contribution in [-0.2, 0) is 14.6 Å². The van der Waals surface area contributed by atoms with Gasteiger partial charge in [-0.05, 0) is 11.5 Å². The fourth-order valence-electron chi connectivity index (χ4n) is 1.68. The van der Waals surface area contributed by atoms with Gasteiger partial charge in [0.1, 0.15) is 6.29 Å². The molecule has 0 aromatic heterocycles. The van der Waals surface area contributed by atoms with Crippen molar-refractivity contribution in [3.63, 3.8) is 0 Å². The van der Waals surface area contributed by atoms with Crippen molar-refractivity contribution < 1.29 is 22.8 Å². The summed E-state index contributed by atoms with van der Waals surface area (Å²) in [7, 11) is -8.40. The van der Waals surface area contributed by atoms with Crippen LogP contribution in [-0.4, -0.2) is 24.5 Å². The van der Waals surface area contributed by atoms with E-state index in [2.05, 4.69) is 0 Å². The largest absolute Gasteiger partial charge is 0.340 e. The van der Waals surface area contributed by atoms with Gasteiger partial charge in [0.2, 0.25) is 10.0 Å². The summed E-state index contributed by atoms with van der Waals surface area (Å²) in [6, 6.07) is 11.6. The maximum Gasteiger partial charge on any atom is 0.340 e. The van der Waals surface area contributed by atoms with E-state index in [1.165, 1.54) is 6.07 Å². The smallest absolute Gasteiger partial charge is 0.324 e. The molecule has 0 bridgehead atoms. The van der Waals surface area contributed by atoms with Crippen LogP contribution in [0.15, 0.2) is 47.4 Å². The lowest BCUT2D eigenvalue weighted by Crippen LogP contribution is -2.25. The van der Waals surface area contributed by atoms with Crippen molar-refractivity contribution in [1.29, 1.82) is 0 Å². The second-order valence-corrected chi connectivity index (χ2v) is 7.33. The van der Waals surface area contributed by atoms with Crippen molar-refractivity contribution in [2.24, 2.45) is 0 Å². The summed E-state index contributed by atoms with van der Waals surface area (Å²) in [6.45, 7) is 0. The second kappa shape index (κ2) is 5.03. The third kappa shape index (κ3) is 3.40. The quantitative estimate of drug-likeness (QED) is 0.737. The molecule has 0 aliphatic heterocycles. The molecular formula is C11H12NO5PS. The summed E-state index contributed by atoms with van der Waals surface area (Å²) in [5.74, 6) is 0. The number of sulfonamides is 1. The minimum absolute atomic E-state index is 0.000880. The second-order valence-electron chi connectivity index (χ2n) is 3.95. The Morgan fingerprint density at radius 2 is 1.68 bits per heavy atom. The van der Waals surface area contributed by atoms with Gasteiger partial charge < -0.3 is 9.79 Å². The van der Waals surface area contributed by atoms with Crippen LogP contribution in [0.25, 0.3) is 10.8 Å². The third-order valence-corrected chi connectivity index (χ3v) is 4.74. The van der Waals surface area contributed by atoms with Crippen molar-refractivity contribution in [1.82, 2.24) is 4.72 Å². The number of rotatable bonds is 4. The molecule has 6 nitrogen and oxygen atoms in total. The summed E-state index contributed by atoms with van der Waals surface area (Å²) < 4.78 is 36.7. The Balaban J connectivity index is 2.46. The van der Waals surface area contributed by atoms with Gasteiger partial charge >= 0.3 is 7.60 Å². The first-order valence-electron chi connectivity index (χ1n) is 5.32. The maximum absolute atomic E-state index is 12.0. The molecule has 102 valence electrons. The monoisotopic (exact) mass is 301 g/mol. The highest BCUT2D eigenvalue weighted by molar-refractivity contribution is 7.90. The summed E-state index contributed by atoms with van der Waals surface area (Å²) in [5.41, 5.74) is 0. The number of hydrogen-bond acceptors (Lipinski definition) is 3. The summed E-state index contributed by atoms with van der Waals surface area (Å²) in [5, 5.41) is 1.24. The van der Waals surface area contributed by atoms with Gasteiger partial charge in [-0.1, -0.05) is 36.4 Å². The molecule has 0 heterocycles. The van der Waals surface area contributed by atoms with E-state index in [-0.39, 0.29) is 4.90 Å². The molecule has 2 aromatic rings. The molecule has 0 aliphatic rings. The highest BCUT2D eigenvalue weighted by Gasteiger charge is 2.21. The van der Waals surface area contributed by atoms with Crippen LogP contribution in [0.4, 0.5) is 0 Å². The van der Waals surface area contributed by atoms with Gasteiger partial charge in [-0.3, -0.25) is 4.57 Å². The molecular weight excluding hydrogens is 289 g/mol. The van der Waals surface area contributed by atoms with Crippen molar-refractivity contribution in [2.75, 3.05) is 6.29 Å². The molecule has 0 saturated carbocycles. The van der Waals surface area contributed by atoms with Crippen molar-refractivity contribution in [2.45, 2.75) is 4.90 Å². The van der Waals surface area contributed by atoms with Crippen LogP contribution in [0.3, 0.4) is 0 Å². The number of hydrogen-bond donors (Lipinski definition) is 3. The molecule has 0 aliphatic carbocycles. The van der Waals surface area contributed by atoms with Crippen molar-refractivity contribution in [3.05, 3.63) is 42.5 Å². The van der Waals surface area contributed by atoms with E-state index < -0.39 is 23.9 Å². The van der Waals surface area contributed by atoms with Gasteiger partial charge in [-0.2, -0.15) is 4.72 Å². The Morgan fingerprint density at radius 1 is 1.05 bits per heavy atom. The zero-order chi connectivity index (χ0) is 14.1. The molecule has 2 aromatic carbocycles. The van der Waals surface area contributed by atoms with E-state index in [4.69, 9.17) is 9.79 Å². The Kier molecular flexibility index (Phi) is 3.75. The van der Waals surface area contributed by atoms with E-state index in [1.54, 1.807) is 36.4 Å². The number of fused-ring (bicyclic) bond motifs is 1. The molecule has 0 fully saturated rings. The lowest BCUT2D eigenvalue weighted by atomic mass is 10.1. The normalized spacial score (nSPS) is 12.7. The molecule has 0 radical (unpaired) electrons. The van der Waals surface area contributed by atoms with Crippen LogP contribution in [0.1, 0.15) is 0 Å². The molecule has 0 unspecified atom stereocenters.